The third-order valence-electron chi connectivity index (χ3n) is 2.31. The van der Waals surface area contributed by atoms with Gasteiger partial charge in [0, 0.05) is 0 Å². The van der Waals surface area contributed by atoms with E-state index in [0.717, 1.165) is 5.56 Å². The molecule has 78 valence electrons. The van der Waals surface area contributed by atoms with Crippen molar-refractivity contribution in [3.8, 4) is 5.75 Å². The molecule has 14 heavy (non-hydrogen) atoms. The highest BCUT2D eigenvalue weighted by Gasteiger charge is 2.19. The largest absolute Gasteiger partial charge is 0.508 e. The van der Waals surface area contributed by atoms with Gasteiger partial charge in [0.1, 0.15) is 5.75 Å². The lowest BCUT2D eigenvalue weighted by Gasteiger charge is -2.22. The van der Waals surface area contributed by atoms with Crippen molar-refractivity contribution in [1.29, 1.82) is 0 Å². The van der Waals surface area contributed by atoms with E-state index >= 15 is 0 Å². The van der Waals surface area contributed by atoms with Gasteiger partial charge < -0.3 is 15.9 Å². The van der Waals surface area contributed by atoms with Gasteiger partial charge in [-0.2, -0.15) is 0 Å². The van der Waals surface area contributed by atoms with Crippen LogP contribution in [0.2, 0.25) is 0 Å². The molecule has 4 N–H and O–H groups in total. The van der Waals surface area contributed by atoms with Crippen molar-refractivity contribution >= 4 is 0 Å². The summed E-state index contributed by atoms with van der Waals surface area (Å²) >= 11 is 0. The van der Waals surface area contributed by atoms with Crippen molar-refractivity contribution < 1.29 is 10.2 Å². The van der Waals surface area contributed by atoms with Crippen LogP contribution in [0.25, 0.3) is 0 Å². The fourth-order valence-electron chi connectivity index (χ4n) is 1.34. The van der Waals surface area contributed by atoms with Crippen LogP contribution in [0.4, 0.5) is 0 Å². The number of nitrogens with two attached hydrogens (primary N) is 1. The van der Waals surface area contributed by atoms with Gasteiger partial charge in [0.15, 0.2) is 0 Å². The van der Waals surface area contributed by atoms with Gasteiger partial charge in [-0.15, -0.1) is 0 Å². The van der Waals surface area contributed by atoms with Crippen LogP contribution in [0.3, 0.4) is 0 Å². The van der Waals surface area contributed by atoms with Crippen molar-refractivity contribution in [2.45, 2.75) is 26.0 Å². The summed E-state index contributed by atoms with van der Waals surface area (Å²) in [7, 11) is 0. The molecule has 0 unspecified atom stereocenters. The Labute approximate surface area is 84.2 Å². The van der Waals surface area contributed by atoms with E-state index in [2.05, 4.69) is 0 Å². The molecule has 0 aromatic heterocycles. The number of hydrogen-bond donors (Lipinski definition) is 3. The Balaban J connectivity index is 2.83. The van der Waals surface area contributed by atoms with Gasteiger partial charge in [-0.3, -0.25) is 0 Å². The highest BCUT2D eigenvalue weighted by atomic mass is 16.3. The van der Waals surface area contributed by atoms with Crippen LogP contribution in [-0.2, 0) is 0 Å². The molecule has 1 aromatic rings. The maximum absolute atomic E-state index is 9.73. The van der Waals surface area contributed by atoms with Crippen molar-refractivity contribution in [3.05, 3.63) is 29.8 Å². The van der Waals surface area contributed by atoms with Crippen LogP contribution in [0.1, 0.15) is 25.5 Å². The molecule has 1 aromatic carbocycles. The molecule has 0 aliphatic rings. The summed E-state index contributed by atoms with van der Waals surface area (Å²) in [5, 5.41) is 19.0. The molecule has 0 saturated carbocycles. The second-order valence-corrected chi connectivity index (χ2v) is 3.86. The zero-order chi connectivity index (χ0) is 10.7. The van der Waals surface area contributed by atoms with E-state index in [4.69, 9.17) is 5.73 Å². The summed E-state index contributed by atoms with van der Waals surface area (Å²) in [5.74, 6) is 0.279. The molecule has 0 aliphatic heterocycles. The zero-order valence-corrected chi connectivity index (χ0v) is 8.51. The quantitative estimate of drug-likeness (QED) is 0.683. The summed E-state index contributed by atoms with van der Waals surface area (Å²) < 4.78 is 0. The third kappa shape index (κ3) is 2.47. The molecule has 0 amide bonds. The van der Waals surface area contributed by atoms with E-state index in [1.807, 2.05) is 13.8 Å². The summed E-state index contributed by atoms with van der Waals surface area (Å²) in [6, 6.07) is 6.24. The monoisotopic (exact) mass is 195 g/mol. The Morgan fingerprint density at radius 1 is 1.29 bits per heavy atom. The Morgan fingerprint density at radius 3 is 2.43 bits per heavy atom. The van der Waals surface area contributed by atoms with Crippen LogP contribution in [0.5, 0.6) is 5.75 Å². The molecule has 0 bridgehead atoms. The van der Waals surface area contributed by atoms with Crippen LogP contribution in [0.15, 0.2) is 24.3 Å². The molecule has 0 saturated heterocycles. The number of phenolic OH excluding ortho intramolecular Hbond substituents is 1. The lowest BCUT2D eigenvalue weighted by atomic mass is 9.94. The summed E-state index contributed by atoms with van der Waals surface area (Å²) in [4.78, 5) is 0. The first-order chi connectivity index (χ1) is 6.52. The maximum atomic E-state index is 9.73. The van der Waals surface area contributed by atoms with Gasteiger partial charge in [0.2, 0.25) is 0 Å². The molecule has 3 heteroatoms. The Hall–Kier alpha value is -1.06. The minimum Gasteiger partial charge on any atom is -0.508 e. The number of benzene rings is 1. The molecular formula is C11H17NO2. The number of phenols is 1. The predicted octanol–water partition coefficient (Wildman–Crippen LogP) is 1.41. The van der Waals surface area contributed by atoms with Gasteiger partial charge in [0.05, 0.1) is 12.1 Å². The molecule has 3 nitrogen and oxygen atoms in total. The standard InChI is InChI=1S/C11H17NO2/c1-7(2)11(14)10(12)8-4-3-5-9(13)6-8/h3-7,10-11,13-14H,12H2,1-2H3/t10-,11+/m0/s1. The first-order valence-electron chi connectivity index (χ1n) is 4.75. The lowest BCUT2D eigenvalue weighted by molar-refractivity contribution is 0.0979. The minimum atomic E-state index is -0.586. The van der Waals surface area contributed by atoms with E-state index in [9.17, 15) is 10.2 Å². The topological polar surface area (TPSA) is 66.5 Å². The van der Waals surface area contributed by atoms with Gasteiger partial charge in [0.25, 0.3) is 0 Å². The molecule has 2 atom stereocenters. The van der Waals surface area contributed by atoms with Crippen LogP contribution >= 0.6 is 0 Å². The second kappa shape index (κ2) is 4.44. The van der Waals surface area contributed by atoms with E-state index in [1.165, 1.54) is 0 Å². The summed E-state index contributed by atoms with van der Waals surface area (Å²) in [6.45, 7) is 3.82. The van der Waals surface area contributed by atoms with E-state index < -0.39 is 12.1 Å². The van der Waals surface area contributed by atoms with Crippen LogP contribution in [0, 0.1) is 5.92 Å². The first kappa shape index (κ1) is 11.0. The Kier molecular flexibility index (Phi) is 3.49. The highest BCUT2D eigenvalue weighted by Crippen LogP contribution is 2.22. The van der Waals surface area contributed by atoms with Crippen molar-refractivity contribution in [2.75, 3.05) is 0 Å². The number of aromatic hydroxyl groups is 1. The van der Waals surface area contributed by atoms with E-state index in [0.29, 0.717) is 0 Å². The van der Waals surface area contributed by atoms with Crippen molar-refractivity contribution in [1.82, 2.24) is 0 Å². The lowest BCUT2D eigenvalue weighted by Crippen LogP contribution is -2.30. The van der Waals surface area contributed by atoms with Crippen molar-refractivity contribution in [2.24, 2.45) is 11.7 Å². The number of aliphatic hydroxyl groups is 1. The second-order valence-electron chi connectivity index (χ2n) is 3.86. The average Bonchev–Trinajstić information content (AvgIpc) is 2.15. The Bertz CT molecular complexity index is 299. The number of rotatable bonds is 3. The molecular weight excluding hydrogens is 178 g/mol. The van der Waals surface area contributed by atoms with Crippen LogP contribution < -0.4 is 5.73 Å². The molecule has 0 aliphatic carbocycles. The van der Waals surface area contributed by atoms with Crippen molar-refractivity contribution in [3.63, 3.8) is 0 Å². The first-order valence-corrected chi connectivity index (χ1v) is 4.75. The SMILES string of the molecule is CC(C)[C@@H](O)[C@@H](N)c1cccc(O)c1. The normalized spacial score (nSPS) is 15.5. The molecule has 0 fully saturated rings. The van der Waals surface area contributed by atoms with Gasteiger partial charge in [-0.1, -0.05) is 26.0 Å². The van der Waals surface area contributed by atoms with Crippen LogP contribution in [-0.4, -0.2) is 16.3 Å². The minimum absolute atomic E-state index is 0.104. The fourth-order valence-corrected chi connectivity index (χ4v) is 1.34. The predicted molar refractivity (Wildman–Crippen MR) is 55.9 cm³/mol. The van der Waals surface area contributed by atoms with E-state index in [1.54, 1.807) is 24.3 Å². The Morgan fingerprint density at radius 2 is 1.93 bits per heavy atom. The molecule has 0 radical (unpaired) electrons. The number of aliphatic hydroxyl groups excluding tert-OH is 1. The van der Waals surface area contributed by atoms with E-state index in [-0.39, 0.29) is 11.7 Å². The molecule has 0 spiro atoms. The summed E-state index contributed by atoms with van der Waals surface area (Å²) in [6.07, 6.45) is -0.586. The average molecular weight is 195 g/mol. The zero-order valence-electron chi connectivity index (χ0n) is 8.51. The third-order valence-corrected chi connectivity index (χ3v) is 2.31. The fraction of sp³-hybridized carbons (Fsp3) is 0.455. The molecule has 0 heterocycles. The summed E-state index contributed by atoms with van der Waals surface area (Å²) in [5.41, 5.74) is 6.60. The van der Waals surface area contributed by atoms with Gasteiger partial charge >= 0.3 is 0 Å². The smallest absolute Gasteiger partial charge is 0.115 e. The maximum Gasteiger partial charge on any atom is 0.115 e. The van der Waals surface area contributed by atoms with Gasteiger partial charge in [-0.05, 0) is 23.6 Å². The van der Waals surface area contributed by atoms with Gasteiger partial charge in [-0.25, -0.2) is 0 Å². The molecule has 1 rings (SSSR count). The number of hydrogen-bond acceptors (Lipinski definition) is 3. The highest BCUT2D eigenvalue weighted by molar-refractivity contribution is 5.29.